The number of carbonyl (C=O) groups is 1. The average molecular weight is 415 g/mol. The first-order valence-electron chi connectivity index (χ1n) is 9.85. The zero-order chi connectivity index (χ0) is 22.1. The van der Waals surface area contributed by atoms with Crippen LogP contribution in [0.1, 0.15) is 43.0 Å². The fourth-order valence-corrected chi connectivity index (χ4v) is 4.01. The third kappa shape index (κ3) is 4.15. The molecule has 1 unspecified atom stereocenters. The Morgan fingerprint density at radius 2 is 2.03 bits per heavy atom. The summed E-state index contributed by atoms with van der Waals surface area (Å²) in [6.07, 6.45) is 1.78. The zero-order valence-electron chi connectivity index (χ0n) is 17.7. The fourth-order valence-electron chi connectivity index (χ4n) is 4.01. The second-order valence-corrected chi connectivity index (χ2v) is 8.08. The molecule has 1 saturated heterocycles. The number of allylic oxidation sites excluding steroid dienone is 1. The quantitative estimate of drug-likeness (QED) is 0.734. The van der Waals surface area contributed by atoms with Crippen LogP contribution >= 0.6 is 0 Å². The topological polar surface area (TPSA) is 54.5 Å². The molecule has 1 amide bonds. The van der Waals surface area contributed by atoms with Gasteiger partial charge in [-0.25, -0.2) is 0 Å². The van der Waals surface area contributed by atoms with Crippen LogP contribution in [0.4, 0.5) is 14.5 Å². The molecule has 1 N–H and O–H groups in total. The highest BCUT2D eigenvalue weighted by Crippen LogP contribution is 2.43. The summed E-state index contributed by atoms with van der Waals surface area (Å²) in [6, 6.07) is 9.24. The van der Waals surface area contributed by atoms with Crippen molar-refractivity contribution in [3.8, 4) is 5.75 Å². The molecule has 0 spiro atoms. The molecule has 2 heterocycles. The van der Waals surface area contributed by atoms with Crippen LogP contribution in [0.25, 0.3) is 0 Å². The van der Waals surface area contributed by atoms with Crippen LogP contribution in [0, 0.1) is 6.92 Å². The maximum atomic E-state index is 13.7. The van der Waals surface area contributed by atoms with Crippen LogP contribution in [0.5, 0.6) is 5.75 Å². The van der Waals surface area contributed by atoms with Crippen molar-refractivity contribution in [1.82, 2.24) is 9.88 Å². The number of benzene rings is 1. The lowest BCUT2D eigenvalue weighted by Gasteiger charge is -2.31. The number of aromatic nitrogens is 1. The molecule has 1 aliphatic heterocycles. The molecule has 1 aromatic heterocycles. The number of ether oxygens (including phenoxy) is 1. The van der Waals surface area contributed by atoms with Gasteiger partial charge in [0.1, 0.15) is 5.69 Å². The van der Waals surface area contributed by atoms with Gasteiger partial charge in [0.15, 0.2) is 5.75 Å². The number of aryl methyl sites for hydroxylation is 1. The Balaban J connectivity index is 2.06. The average Bonchev–Trinajstić information content (AvgIpc) is 2.99. The van der Waals surface area contributed by atoms with Gasteiger partial charge in [0.2, 0.25) is 5.91 Å². The SMILES string of the molecule is C=C1CC(C(=O)Nc2cnc(C)cc2OC(F)F)(c2ccccc2C(C)C)CN1C. The fraction of sp³-hybridized carbons (Fsp3) is 0.391. The van der Waals surface area contributed by atoms with Gasteiger partial charge in [-0.05, 0) is 24.0 Å². The van der Waals surface area contributed by atoms with Crippen LogP contribution in [-0.4, -0.2) is 36.0 Å². The minimum Gasteiger partial charge on any atom is -0.432 e. The normalized spacial score (nSPS) is 18.9. The van der Waals surface area contributed by atoms with Gasteiger partial charge in [0, 0.05) is 37.5 Å². The predicted octanol–water partition coefficient (Wildman–Crippen LogP) is 4.84. The van der Waals surface area contributed by atoms with Crippen molar-refractivity contribution >= 4 is 11.6 Å². The lowest BCUT2D eigenvalue weighted by molar-refractivity contribution is -0.121. The van der Waals surface area contributed by atoms with Gasteiger partial charge in [-0.15, -0.1) is 0 Å². The molecular formula is C23H27F2N3O2. The van der Waals surface area contributed by atoms with Gasteiger partial charge in [0.25, 0.3) is 0 Å². The largest absolute Gasteiger partial charge is 0.432 e. The number of anilines is 1. The van der Waals surface area contributed by atoms with Gasteiger partial charge in [0.05, 0.1) is 11.6 Å². The minimum absolute atomic E-state index is 0.108. The van der Waals surface area contributed by atoms with E-state index in [1.807, 2.05) is 36.2 Å². The molecule has 3 rings (SSSR count). The Bertz CT molecular complexity index is 961. The van der Waals surface area contributed by atoms with Crippen LogP contribution in [0.2, 0.25) is 0 Å². The number of halogens is 2. The first-order chi connectivity index (χ1) is 14.1. The molecule has 2 aromatic rings. The molecule has 160 valence electrons. The van der Waals surface area contributed by atoms with E-state index < -0.39 is 12.0 Å². The zero-order valence-corrected chi connectivity index (χ0v) is 17.7. The molecule has 1 atom stereocenters. The standard InChI is InChI=1S/C23H27F2N3O2/c1-14(2)17-8-6-7-9-18(17)23(11-16(4)28(5)13-23)21(29)27-19-12-26-15(3)10-20(19)30-22(24)25/h6-10,12,14,22H,4,11,13H2,1-3,5H3,(H,27,29). The van der Waals surface area contributed by atoms with Crippen molar-refractivity contribution in [1.29, 1.82) is 0 Å². The van der Waals surface area contributed by atoms with Crippen LogP contribution in [0.15, 0.2) is 48.8 Å². The Labute approximate surface area is 175 Å². The van der Waals surface area contributed by atoms with Gasteiger partial charge in [-0.2, -0.15) is 8.78 Å². The van der Waals surface area contributed by atoms with E-state index in [0.29, 0.717) is 18.7 Å². The highest BCUT2D eigenvalue weighted by Gasteiger charge is 2.48. The maximum absolute atomic E-state index is 13.7. The van der Waals surface area contributed by atoms with Crippen molar-refractivity contribution in [2.75, 3.05) is 18.9 Å². The van der Waals surface area contributed by atoms with E-state index in [9.17, 15) is 13.6 Å². The molecule has 0 radical (unpaired) electrons. The van der Waals surface area contributed by atoms with Gasteiger partial charge < -0.3 is 15.0 Å². The lowest BCUT2D eigenvalue weighted by Crippen LogP contribution is -2.43. The smallest absolute Gasteiger partial charge is 0.387 e. The number of hydrogen-bond acceptors (Lipinski definition) is 4. The molecule has 1 aromatic carbocycles. The van der Waals surface area contributed by atoms with E-state index in [1.54, 1.807) is 6.92 Å². The number of alkyl halides is 2. The van der Waals surface area contributed by atoms with Gasteiger partial charge in [-0.3, -0.25) is 9.78 Å². The second-order valence-electron chi connectivity index (χ2n) is 8.08. The van der Waals surface area contributed by atoms with Crippen molar-refractivity contribution in [3.63, 3.8) is 0 Å². The first kappa shape index (κ1) is 21.7. The number of likely N-dealkylation sites (N-methyl/N-ethyl adjacent to an activating group) is 1. The molecule has 0 aliphatic carbocycles. The third-order valence-corrected chi connectivity index (χ3v) is 5.55. The van der Waals surface area contributed by atoms with Gasteiger partial charge in [-0.1, -0.05) is 44.7 Å². The molecule has 0 bridgehead atoms. The summed E-state index contributed by atoms with van der Waals surface area (Å²) in [6.45, 7) is 7.36. The van der Waals surface area contributed by atoms with Crippen molar-refractivity contribution in [2.45, 2.75) is 45.1 Å². The summed E-state index contributed by atoms with van der Waals surface area (Å²) < 4.78 is 30.4. The molecule has 7 heteroatoms. The maximum Gasteiger partial charge on any atom is 0.387 e. The number of likely N-dealkylation sites (tertiary alicyclic amines) is 1. The lowest BCUT2D eigenvalue weighted by atomic mass is 9.74. The summed E-state index contributed by atoms with van der Waals surface area (Å²) in [5.41, 5.74) is 2.56. The Morgan fingerprint density at radius 1 is 1.33 bits per heavy atom. The molecule has 0 saturated carbocycles. The van der Waals surface area contributed by atoms with E-state index in [1.165, 1.54) is 12.3 Å². The Kier molecular flexibility index (Phi) is 6.10. The predicted molar refractivity (Wildman–Crippen MR) is 113 cm³/mol. The number of rotatable bonds is 6. The molecule has 5 nitrogen and oxygen atoms in total. The van der Waals surface area contributed by atoms with E-state index in [-0.39, 0.29) is 23.3 Å². The Hall–Kier alpha value is -2.96. The van der Waals surface area contributed by atoms with Crippen molar-refractivity contribution in [2.24, 2.45) is 0 Å². The van der Waals surface area contributed by atoms with Crippen LogP contribution in [-0.2, 0) is 10.2 Å². The van der Waals surface area contributed by atoms with Crippen molar-refractivity contribution < 1.29 is 18.3 Å². The highest BCUT2D eigenvalue weighted by molar-refractivity contribution is 6.01. The molecule has 1 fully saturated rings. The number of carbonyl (C=O) groups excluding carboxylic acids is 1. The summed E-state index contributed by atoms with van der Waals surface area (Å²) in [7, 11) is 1.90. The van der Waals surface area contributed by atoms with E-state index >= 15 is 0 Å². The molecular weight excluding hydrogens is 388 g/mol. The second kappa shape index (κ2) is 8.42. The summed E-state index contributed by atoms with van der Waals surface area (Å²) in [5, 5.41) is 2.80. The van der Waals surface area contributed by atoms with E-state index in [0.717, 1.165) is 16.8 Å². The summed E-state index contributed by atoms with van der Waals surface area (Å²) in [5.74, 6) is -0.196. The summed E-state index contributed by atoms with van der Waals surface area (Å²) in [4.78, 5) is 19.8. The number of nitrogens with zero attached hydrogens (tertiary/aromatic N) is 2. The van der Waals surface area contributed by atoms with Crippen LogP contribution in [0.3, 0.4) is 0 Å². The number of pyridine rings is 1. The molecule has 30 heavy (non-hydrogen) atoms. The van der Waals surface area contributed by atoms with E-state index in [4.69, 9.17) is 0 Å². The first-order valence-corrected chi connectivity index (χ1v) is 9.85. The monoisotopic (exact) mass is 415 g/mol. The highest BCUT2D eigenvalue weighted by atomic mass is 19.3. The number of hydrogen-bond donors (Lipinski definition) is 1. The van der Waals surface area contributed by atoms with Crippen molar-refractivity contribution in [3.05, 3.63) is 65.6 Å². The number of nitrogens with one attached hydrogen (secondary N) is 1. The third-order valence-electron chi connectivity index (χ3n) is 5.55. The minimum atomic E-state index is -3.00. The van der Waals surface area contributed by atoms with E-state index in [2.05, 4.69) is 35.5 Å². The Morgan fingerprint density at radius 3 is 2.63 bits per heavy atom. The number of amides is 1. The van der Waals surface area contributed by atoms with Gasteiger partial charge >= 0.3 is 6.61 Å². The van der Waals surface area contributed by atoms with Crippen LogP contribution < -0.4 is 10.1 Å². The summed E-state index contributed by atoms with van der Waals surface area (Å²) >= 11 is 0. The molecule has 1 aliphatic rings.